The van der Waals surface area contributed by atoms with Crippen LogP contribution in [0.2, 0.25) is 0 Å². The third-order valence-corrected chi connectivity index (χ3v) is 3.05. The Balaban J connectivity index is 2.53. The van der Waals surface area contributed by atoms with Crippen molar-refractivity contribution in [3.63, 3.8) is 0 Å². The fourth-order valence-electron chi connectivity index (χ4n) is 1.60. The van der Waals surface area contributed by atoms with Crippen LogP contribution in [0.15, 0.2) is 30.3 Å². The first-order chi connectivity index (χ1) is 8.56. The highest BCUT2D eigenvalue weighted by Gasteiger charge is 2.15. The van der Waals surface area contributed by atoms with Crippen LogP contribution in [0.3, 0.4) is 0 Å². The van der Waals surface area contributed by atoms with Crippen LogP contribution in [0, 0.1) is 0 Å². The summed E-state index contributed by atoms with van der Waals surface area (Å²) in [5.41, 5.74) is 0.986. The van der Waals surface area contributed by atoms with Crippen LogP contribution in [0.1, 0.15) is 25.5 Å². The van der Waals surface area contributed by atoms with Gasteiger partial charge in [0.1, 0.15) is 0 Å². The van der Waals surface area contributed by atoms with Gasteiger partial charge >= 0.3 is 0 Å². The van der Waals surface area contributed by atoms with Gasteiger partial charge in [0.05, 0.1) is 19.2 Å². The molecule has 0 heterocycles. The second-order valence-corrected chi connectivity index (χ2v) is 4.63. The van der Waals surface area contributed by atoms with Crippen LogP contribution >= 0.6 is 0 Å². The van der Waals surface area contributed by atoms with Crippen LogP contribution in [-0.4, -0.2) is 42.2 Å². The molecule has 1 aromatic rings. The zero-order chi connectivity index (χ0) is 13.5. The fraction of sp³-hybridized carbons (Fsp3) is 0.500. The van der Waals surface area contributed by atoms with Crippen molar-refractivity contribution in [2.45, 2.75) is 25.9 Å². The first-order valence-electron chi connectivity index (χ1n) is 6.21. The zero-order valence-corrected chi connectivity index (χ0v) is 11.3. The number of amides is 1. The summed E-state index contributed by atoms with van der Waals surface area (Å²) < 4.78 is 0. The van der Waals surface area contributed by atoms with E-state index in [0.717, 1.165) is 5.56 Å². The average Bonchev–Trinajstić information content (AvgIpc) is 2.39. The molecule has 0 aromatic heterocycles. The molecule has 1 atom stereocenters. The van der Waals surface area contributed by atoms with Gasteiger partial charge in [-0.2, -0.15) is 0 Å². The van der Waals surface area contributed by atoms with Gasteiger partial charge in [-0.3, -0.25) is 10.1 Å². The van der Waals surface area contributed by atoms with E-state index in [1.807, 2.05) is 44.2 Å². The van der Waals surface area contributed by atoms with Crippen molar-refractivity contribution in [3.8, 4) is 0 Å². The van der Waals surface area contributed by atoms with Crippen molar-refractivity contribution in [1.82, 2.24) is 10.2 Å². The number of nitrogens with zero attached hydrogens (tertiary/aromatic N) is 1. The van der Waals surface area contributed by atoms with Gasteiger partial charge in [0.15, 0.2) is 0 Å². The molecule has 4 nitrogen and oxygen atoms in total. The number of hydrogen-bond donors (Lipinski definition) is 2. The Morgan fingerprint density at radius 3 is 2.44 bits per heavy atom. The molecule has 4 heteroatoms. The Morgan fingerprint density at radius 2 is 1.94 bits per heavy atom. The molecule has 2 N–H and O–H groups in total. The molecule has 0 aliphatic rings. The van der Waals surface area contributed by atoms with Crippen molar-refractivity contribution in [3.05, 3.63) is 35.9 Å². The number of aliphatic hydroxyl groups is 1. The summed E-state index contributed by atoms with van der Waals surface area (Å²) in [6.45, 7) is 4.15. The Morgan fingerprint density at radius 1 is 1.33 bits per heavy atom. The summed E-state index contributed by atoms with van der Waals surface area (Å²) in [5.74, 6) is 0.0272. The van der Waals surface area contributed by atoms with Gasteiger partial charge < -0.3 is 10.0 Å². The highest BCUT2D eigenvalue weighted by molar-refractivity contribution is 5.78. The van der Waals surface area contributed by atoms with Crippen molar-refractivity contribution >= 4 is 5.91 Å². The number of likely N-dealkylation sites (N-methyl/N-ethyl adjacent to an activating group) is 1. The Bertz CT molecular complexity index is 365. The number of hydrogen-bond acceptors (Lipinski definition) is 3. The third kappa shape index (κ3) is 4.13. The minimum absolute atomic E-state index is 0.0251. The minimum atomic E-state index is -0.198. The average molecular weight is 250 g/mol. The summed E-state index contributed by atoms with van der Waals surface area (Å²) >= 11 is 0. The van der Waals surface area contributed by atoms with E-state index < -0.39 is 0 Å². The Hall–Kier alpha value is -1.39. The van der Waals surface area contributed by atoms with E-state index in [9.17, 15) is 9.90 Å². The fourth-order valence-corrected chi connectivity index (χ4v) is 1.60. The van der Waals surface area contributed by atoms with Crippen molar-refractivity contribution in [1.29, 1.82) is 0 Å². The normalized spacial score (nSPS) is 12.5. The lowest BCUT2D eigenvalue weighted by atomic mass is 10.1. The van der Waals surface area contributed by atoms with Gasteiger partial charge in [-0.1, -0.05) is 30.3 Å². The van der Waals surface area contributed by atoms with Gasteiger partial charge in [0, 0.05) is 13.1 Å². The maximum Gasteiger partial charge on any atom is 0.236 e. The van der Waals surface area contributed by atoms with Crippen LogP contribution in [0.25, 0.3) is 0 Å². The zero-order valence-electron chi connectivity index (χ0n) is 11.3. The molecule has 18 heavy (non-hydrogen) atoms. The minimum Gasteiger partial charge on any atom is -0.394 e. The van der Waals surface area contributed by atoms with E-state index in [2.05, 4.69) is 5.32 Å². The van der Waals surface area contributed by atoms with E-state index in [1.54, 1.807) is 11.9 Å². The Labute approximate surface area is 109 Å². The maximum atomic E-state index is 11.8. The molecular formula is C14H22N2O2. The second kappa shape index (κ2) is 7.13. The first kappa shape index (κ1) is 14.7. The molecule has 0 fully saturated rings. The molecule has 0 aliphatic carbocycles. The molecule has 0 saturated heterocycles. The second-order valence-electron chi connectivity index (χ2n) is 4.63. The number of carbonyl (C=O) groups is 1. The van der Waals surface area contributed by atoms with Gasteiger partial charge in [-0.15, -0.1) is 0 Å². The van der Waals surface area contributed by atoms with Crippen molar-refractivity contribution < 1.29 is 9.90 Å². The number of nitrogens with one attached hydrogen (secondary N) is 1. The van der Waals surface area contributed by atoms with E-state index in [-0.39, 0.29) is 31.1 Å². The van der Waals surface area contributed by atoms with E-state index in [4.69, 9.17) is 0 Å². The lowest BCUT2D eigenvalue weighted by Crippen LogP contribution is -2.41. The summed E-state index contributed by atoms with van der Waals surface area (Å²) in [4.78, 5) is 13.5. The van der Waals surface area contributed by atoms with Gasteiger partial charge in [-0.05, 0) is 19.4 Å². The SMILES string of the molecule is CC(C)N(C)C(=O)CNC(CO)c1ccccc1. The lowest BCUT2D eigenvalue weighted by molar-refractivity contribution is -0.130. The molecule has 0 aliphatic heterocycles. The molecule has 0 spiro atoms. The van der Waals surface area contributed by atoms with Crippen molar-refractivity contribution in [2.75, 3.05) is 20.2 Å². The molecule has 1 rings (SSSR count). The predicted octanol–water partition coefficient (Wildman–Crippen LogP) is 1.18. The largest absolute Gasteiger partial charge is 0.394 e. The van der Waals surface area contributed by atoms with Crippen LogP contribution in [0.4, 0.5) is 0 Å². The molecule has 0 saturated carbocycles. The smallest absolute Gasteiger partial charge is 0.236 e. The highest BCUT2D eigenvalue weighted by atomic mass is 16.3. The maximum absolute atomic E-state index is 11.8. The summed E-state index contributed by atoms with van der Waals surface area (Å²) in [6.07, 6.45) is 0. The van der Waals surface area contributed by atoms with Crippen LogP contribution in [-0.2, 0) is 4.79 Å². The summed E-state index contributed by atoms with van der Waals surface area (Å²) in [7, 11) is 1.78. The number of carbonyl (C=O) groups excluding carboxylic acids is 1. The summed E-state index contributed by atoms with van der Waals surface area (Å²) in [5, 5.41) is 12.4. The van der Waals surface area contributed by atoms with Gasteiger partial charge in [0.2, 0.25) is 5.91 Å². The first-order valence-corrected chi connectivity index (χ1v) is 6.21. The molecule has 0 bridgehead atoms. The quantitative estimate of drug-likeness (QED) is 0.797. The lowest BCUT2D eigenvalue weighted by Gasteiger charge is -2.23. The monoisotopic (exact) mass is 250 g/mol. The van der Waals surface area contributed by atoms with Gasteiger partial charge in [-0.25, -0.2) is 0 Å². The third-order valence-electron chi connectivity index (χ3n) is 3.05. The van der Waals surface area contributed by atoms with Crippen molar-refractivity contribution in [2.24, 2.45) is 0 Å². The molecule has 1 unspecified atom stereocenters. The van der Waals surface area contributed by atoms with Crippen LogP contribution in [0.5, 0.6) is 0 Å². The molecule has 100 valence electrons. The predicted molar refractivity (Wildman–Crippen MR) is 72.2 cm³/mol. The number of rotatable bonds is 6. The van der Waals surface area contributed by atoms with Crippen LogP contribution < -0.4 is 5.32 Å². The molecule has 0 radical (unpaired) electrons. The topological polar surface area (TPSA) is 52.6 Å². The summed E-state index contributed by atoms with van der Waals surface area (Å²) in [6, 6.07) is 9.62. The molecule has 1 amide bonds. The van der Waals surface area contributed by atoms with E-state index in [0.29, 0.717) is 0 Å². The number of benzene rings is 1. The molecule has 1 aromatic carbocycles. The van der Waals surface area contributed by atoms with E-state index in [1.165, 1.54) is 0 Å². The standard InChI is InChI=1S/C14H22N2O2/c1-11(2)16(3)14(18)9-15-13(10-17)12-7-5-4-6-8-12/h4-8,11,13,15,17H,9-10H2,1-3H3. The Kier molecular flexibility index (Phi) is 5.82. The number of aliphatic hydroxyl groups excluding tert-OH is 1. The highest BCUT2D eigenvalue weighted by Crippen LogP contribution is 2.11. The van der Waals surface area contributed by atoms with E-state index >= 15 is 0 Å². The molecular weight excluding hydrogens is 228 g/mol. The van der Waals surface area contributed by atoms with Gasteiger partial charge in [0.25, 0.3) is 0 Å².